The Labute approximate surface area is 125 Å². The average Bonchev–Trinajstić information content (AvgIpc) is 3.10. The summed E-state index contributed by atoms with van der Waals surface area (Å²) < 4.78 is 1.91. The highest BCUT2D eigenvalue weighted by Crippen LogP contribution is 2.22. The molecule has 110 valence electrons. The lowest BCUT2D eigenvalue weighted by atomic mass is 10.1. The molecular formula is C17H21N3O. The van der Waals surface area contributed by atoms with E-state index in [0.717, 1.165) is 30.9 Å². The minimum atomic E-state index is 0.279. The van der Waals surface area contributed by atoms with Crippen LogP contribution in [-0.2, 0) is 11.3 Å². The van der Waals surface area contributed by atoms with Gasteiger partial charge in [0.15, 0.2) is 0 Å². The summed E-state index contributed by atoms with van der Waals surface area (Å²) in [4.78, 5) is 13.7. The molecule has 0 saturated carbocycles. The largest absolute Gasteiger partial charge is 0.300 e. The minimum Gasteiger partial charge on any atom is -0.300 e. The molecule has 1 atom stereocenters. The number of ketones is 1. The maximum Gasteiger partial charge on any atom is 0.131 e. The van der Waals surface area contributed by atoms with Crippen molar-refractivity contribution >= 4 is 5.78 Å². The Bertz CT molecular complexity index is 606. The van der Waals surface area contributed by atoms with Crippen LogP contribution in [0.25, 0.3) is 5.69 Å². The van der Waals surface area contributed by atoms with Gasteiger partial charge in [-0.25, -0.2) is 4.68 Å². The first-order valence-corrected chi connectivity index (χ1v) is 7.56. The molecule has 2 heterocycles. The SMILES string of the molecule is CC(=O)CC1CCCN1Cc1ccn(-c2ccccc2)n1. The first-order chi connectivity index (χ1) is 10.2. The van der Waals surface area contributed by atoms with Gasteiger partial charge in [-0.2, -0.15) is 5.10 Å². The van der Waals surface area contributed by atoms with Gasteiger partial charge in [-0.3, -0.25) is 9.69 Å². The summed E-state index contributed by atoms with van der Waals surface area (Å²) in [6.45, 7) is 3.58. The second kappa shape index (κ2) is 6.22. The number of Topliss-reactive ketones (excluding diaryl/α,β-unsaturated/α-hetero) is 1. The van der Waals surface area contributed by atoms with Gasteiger partial charge in [-0.15, -0.1) is 0 Å². The number of para-hydroxylation sites is 1. The van der Waals surface area contributed by atoms with Crippen LogP contribution in [0.3, 0.4) is 0 Å². The lowest BCUT2D eigenvalue weighted by Gasteiger charge is -2.22. The third-order valence-corrected chi connectivity index (χ3v) is 4.05. The molecule has 1 unspecified atom stereocenters. The fourth-order valence-electron chi connectivity index (χ4n) is 3.04. The molecule has 21 heavy (non-hydrogen) atoms. The number of hydrogen-bond acceptors (Lipinski definition) is 3. The van der Waals surface area contributed by atoms with Crippen molar-refractivity contribution in [3.8, 4) is 5.69 Å². The van der Waals surface area contributed by atoms with Crippen molar-refractivity contribution in [3.63, 3.8) is 0 Å². The fourth-order valence-corrected chi connectivity index (χ4v) is 3.04. The number of benzene rings is 1. The molecule has 3 rings (SSSR count). The highest BCUT2D eigenvalue weighted by atomic mass is 16.1. The van der Waals surface area contributed by atoms with E-state index >= 15 is 0 Å². The van der Waals surface area contributed by atoms with Gasteiger partial charge in [0.25, 0.3) is 0 Å². The van der Waals surface area contributed by atoms with Crippen molar-refractivity contribution in [2.75, 3.05) is 6.54 Å². The molecule has 1 aliphatic rings. The standard InChI is InChI=1S/C17H21N3O/c1-14(21)12-17-8-5-10-19(17)13-15-9-11-20(18-15)16-6-3-2-4-7-16/h2-4,6-7,9,11,17H,5,8,10,12-13H2,1H3. The molecule has 1 saturated heterocycles. The van der Waals surface area contributed by atoms with E-state index in [4.69, 9.17) is 0 Å². The number of carbonyl (C=O) groups excluding carboxylic acids is 1. The van der Waals surface area contributed by atoms with E-state index in [9.17, 15) is 4.79 Å². The topological polar surface area (TPSA) is 38.1 Å². The van der Waals surface area contributed by atoms with Gasteiger partial charge >= 0.3 is 0 Å². The van der Waals surface area contributed by atoms with E-state index in [2.05, 4.69) is 16.1 Å². The summed E-state index contributed by atoms with van der Waals surface area (Å²) in [7, 11) is 0. The summed E-state index contributed by atoms with van der Waals surface area (Å²) in [5, 5.41) is 4.65. The Morgan fingerprint density at radius 1 is 1.29 bits per heavy atom. The highest BCUT2D eigenvalue weighted by Gasteiger charge is 2.25. The molecule has 0 N–H and O–H groups in total. The zero-order valence-electron chi connectivity index (χ0n) is 12.4. The Morgan fingerprint density at radius 3 is 2.86 bits per heavy atom. The highest BCUT2D eigenvalue weighted by molar-refractivity contribution is 5.76. The Morgan fingerprint density at radius 2 is 2.10 bits per heavy atom. The van der Waals surface area contributed by atoms with Crippen LogP contribution in [0, 0.1) is 0 Å². The van der Waals surface area contributed by atoms with Crippen molar-refractivity contribution in [2.24, 2.45) is 0 Å². The number of carbonyl (C=O) groups is 1. The summed E-state index contributed by atoms with van der Waals surface area (Å²) in [5.74, 6) is 0.279. The van der Waals surface area contributed by atoms with Crippen LogP contribution < -0.4 is 0 Å². The van der Waals surface area contributed by atoms with Crippen LogP contribution in [0.1, 0.15) is 31.9 Å². The predicted octanol–water partition coefficient (Wildman–Crippen LogP) is 2.82. The third-order valence-electron chi connectivity index (χ3n) is 4.05. The van der Waals surface area contributed by atoms with Gasteiger partial charge < -0.3 is 0 Å². The van der Waals surface area contributed by atoms with Crippen molar-refractivity contribution in [1.82, 2.24) is 14.7 Å². The molecule has 0 bridgehead atoms. The fraction of sp³-hybridized carbons (Fsp3) is 0.412. The molecular weight excluding hydrogens is 262 g/mol. The lowest BCUT2D eigenvalue weighted by molar-refractivity contribution is -0.118. The summed E-state index contributed by atoms with van der Waals surface area (Å²) >= 11 is 0. The van der Waals surface area contributed by atoms with E-state index < -0.39 is 0 Å². The Hall–Kier alpha value is -1.94. The van der Waals surface area contributed by atoms with Crippen LogP contribution >= 0.6 is 0 Å². The van der Waals surface area contributed by atoms with Crippen LogP contribution in [0.2, 0.25) is 0 Å². The zero-order chi connectivity index (χ0) is 14.7. The molecule has 0 spiro atoms. The van der Waals surface area contributed by atoms with E-state index in [-0.39, 0.29) is 5.78 Å². The number of aromatic nitrogens is 2. The van der Waals surface area contributed by atoms with Crippen LogP contribution in [0.5, 0.6) is 0 Å². The van der Waals surface area contributed by atoms with Gasteiger partial charge in [0, 0.05) is 25.2 Å². The van der Waals surface area contributed by atoms with Crippen LogP contribution in [0.15, 0.2) is 42.6 Å². The predicted molar refractivity (Wildman–Crippen MR) is 82.3 cm³/mol. The molecule has 0 aliphatic carbocycles. The molecule has 0 amide bonds. The van der Waals surface area contributed by atoms with Gasteiger partial charge in [0.05, 0.1) is 11.4 Å². The minimum absolute atomic E-state index is 0.279. The number of likely N-dealkylation sites (tertiary alicyclic amines) is 1. The van der Waals surface area contributed by atoms with Gasteiger partial charge in [-0.1, -0.05) is 18.2 Å². The lowest BCUT2D eigenvalue weighted by Crippen LogP contribution is -2.30. The van der Waals surface area contributed by atoms with E-state index in [1.54, 1.807) is 6.92 Å². The van der Waals surface area contributed by atoms with E-state index in [1.807, 2.05) is 41.2 Å². The van der Waals surface area contributed by atoms with E-state index in [0.29, 0.717) is 12.5 Å². The van der Waals surface area contributed by atoms with Gasteiger partial charge in [0.2, 0.25) is 0 Å². The summed E-state index contributed by atoms with van der Waals surface area (Å²) in [5.41, 5.74) is 2.14. The maximum atomic E-state index is 11.3. The Kier molecular flexibility index (Phi) is 4.15. The van der Waals surface area contributed by atoms with Gasteiger partial charge in [0.1, 0.15) is 5.78 Å². The zero-order valence-corrected chi connectivity index (χ0v) is 12.4. The number of nitrogens with zero attached hydrogens (tertiary/aromatic N) is 3. The number of hydrogen-bond donors (Lipinski definition) is 0. The Balaban J connectivity index is 1.68. The molecule has 4 heteroatoms. The summed E-state index contributed by atoms with van der Waals surface area (Å²) in [6, 6.07) is 12.6. The van der Waals surface area contributed by atoms with Crippen molar-refractivity contribution in [3.05, 3.63) is 48.3 Å². The molecule has 4 nitrogen and oxygen atoms in total. The molecule has 2 aromatic rings. The first kappa shape index (κ1) is 14.0. The monoisotopic (exact) mass is 283 g/mol. The van der Waals surface area contributed by atoms with Crippen LogP contribution in [0.4, 0.5) is 0 Å². The molecule has 1 aromatic heterocycles. The van der Waals surface area contributed by atoms with Crippen LogP contribution in [-0.4, -0.2) is 33.1 Å². The smallest absolute Gasteiger partial charge is 0.131 e. The second-order valence-electron chi connectivity index (χ2n) is 5.76. The summed E-state index contributed by atoms with van der Waals surface area (Å²) in [6.07, 6.45) is 4.97. The molecule has 1 fully saturated rings. The first-order valence-electron chi connectivity index (χ1n) is 7.56. The third kappa shape index (κ3) is 3.39. The van der Waals surface area contributed by atoms with E-state index in [1.165, 1.54) is 6.42 Å². The molecule has 1 aromatic carbocycles. The maximum absolute atomic E-state index is 11.3. The second-order valence-corrected chi connectivity index (χ2v) is 5.76. The quantitative estimate of drug-likeness (QED) is 0.847. The number of rotatable bonds is 5. The van der Waals surface area contributed by atoms with Crippen molar-refractivity contribution < 1.29 is 4.79 Å². The molecule has 1 aliphatic heterocycles. The van der Waals surface area contributed by atoms with Crippen molar-refractivity contribution in [2.45, 2.75) is 38.8 Å². The van der Waals surface area contributed by atoms with Gasteiger partial charge in [-0.05, 0) is 44.5 Å². The van der Waals surface area contributed by atoms with Crippen molar-refractivity contribution in [1.29, 1.82) is 0 Å². The molecule has 0 radical (unpaired) electrons. The normalized spacial score (nSPS) is 19.0. The average molecular weight is 283 g/mol.